The van der Waals surface area contributed by atoms with Gasteiger partial charge in [0.05, 0.1) is 24.8 Å². The molecule has 0 radical (unpaired) electrons. The van der Waals surface area contributed by atoms with Crippen LogP contribution < -0.4 is 15.7 Å². The minimum atomic E-state index is -0.506. The van der Waals surface area contributed by atoms with Crippen LogP contribution >= 0.6 is 0 Å². The summed E-state index contributed by atoms with van der Waals surface area (Å²) in [6, 6.07) is 23.8. The largest absolute Gasteiger partial charge is 0.493 e. The molecule has 4 aromatic rings. The first-order chi connectivity index (χ1) is 15.7. The van der Waals surface area contributed by atoms with Crippen molar-refractivity contribution >= 4 is 22.9 Å². The summed E-state index contributed by atoms with van der Waals surface area (Å²) in [5.41, 5.74) is 4.04. The Labute approximate surface area is 185 Å². The number of amides is 1. The first-order valence-electron chi connectivity index (χ1n) is 10.3. The predicted octanol–water partition coefficient (Wildman–Crippen LogP) is 3.61. The molecule has 1 aromatic heterocycles. The van der Waals surface area contributed by atoms with Crippen LogP contribution in [0.25, 0.3) is 10.8 Å². The van der Waals surface area contributed by atoms with Crippen LogP contribution in [0, 0.1) is 0 Å². The van der Waals surface area contributed by atoms with Crippen molar-refractivity contribution in [1.82, 2.24) is 15.2 Å². The lowest BCUT2D eigenvalue weighted by Crippen LogP contribution is -2.29. The van der Waals surface area contributed by atoms with Gasteiger partial charge in [0.25, 0.3) is 11.5 Å². The van der Waals surface area contributed by atoms with Gasteiger partial charge in [-0.3, -0.25) is 9.59 Å². The highest BCUT2D eigenvalue weighted by Gasteiger charge is 2.16. The molecule has 0 atom stereocenters. The maximum Gasteiger partial charge on any atom is 0.292 e. The normalized spacial score (nSPS) is 11.0. The van der Waals surface area contributed by atoms with E-state index < -0.39 is 5.91 Å². The number of ether oxygens (including phenoxy) is 1. The predicted molar refractivity (Wildman–Crippen MR) is 124 cm³/mol. The van der Waals surface area contributed by atoms with Crippen molar-refractivity contribution in [2.24, 2.45) is 5.10 Å². The second-order valence-electron chi connectivity index (χ2n) is 7.01. The summed E-state index contributed by atoms with van der Waals surface area (Å²) in [4.78, 5) is 25.9. The van der Waals surface area contributed by atoms with E-state index in [0.717, 1.165) is 11.1 Å². The Morgan fingerprint density at radius 2 is 1.69 bits per heavy atom. The molecule has 1 N–H and O–H groups in total. The number of para-hydroxylation sites is 1. The van der Waals surface area contributed by atoms with E-state index in [1.165, 1.54) is 10.9 Å². The van der Waals surface area contributed by atoms with Gasteiger partial charge in [-0.15, -0.1) is 0 Å². The number of nitrogens with zero attached hydrogens (tertiary/aromatic N) is 3. The fraction of sp³-hybridized carbons (Fsp3) is 0.120. The molecule has 7 nitrogen and oxygen atoms in total. The maximum atomic E-state index is 12.9. The zero-order valence-corrected chi connectivity index (χ0v) is 17.6. The first kappa shape index (κ1) is 21.0. The SMILES string of the molecule is CCOc1ccccc1/C=N/NC(=O)c1nn(Cc2ccccc2)c(=O)c2ccccc12. The number of fused-ring (bicyclic) bond motifs is 1. The van der Waals surface area contributed by atoms with Crippen molar-refractivity contribution < 1.29 is 9.53 Å². The van der Waals surface area contributed by atoms with Gasteiger partial charge in [-0.25, -0.2) is 10.1 Å². The van der Waals surface area contributed by atoms with Crippen molar-refractivity contribution in [2.45, 2.75) is 13.5 Å². The van der Waals surface area contributed by atoms with Gasteiger partial charge in [0.1, 0.15) is 5.75 Å². The van der Waals surface area contributed by atoms with Gasteiger partial charge in [-0.05, 0) is 30.7 Å². The number of hydrazone groups is 1. The minimum Gasteiger partial charge on any atom is -0.493 e. The molecule has 7 heteroatoms. The first-order valence-corrected chi connectivity index (χ1v) is 10.3. The lowest BCUT2D eigenvalue weighted by Gasteiger charge is -2.10. The van der Waals surface area contributed by atoms with E-state index in [-0.39, 0.29) is 17.8 Å². The van der Waals surface area contributed by atoms with Crippen LogP contribution in [0.4, 0.5) is 0 Å². The van der Waals surface area contributed by atoms with Crippen LogP contribution in [0.15, 0.2) is 88.8 Å². The molecule has 0 aliphatic heterocycles. The summed E-state index contributed by atoms with van der Waals surface area (Å²) in [6.07, 6.45) is 1.52. The van der Waals surface area contributed by atoms with E-state index in [1.807, 2.05) is 61.5 Å². The third-order valence-electron chi connectivity index (χ3n) is 4.85. The van der Waals surface area contributed by atoms with E-state index in [2.05, 4.69) is 15.6 Å². The molecule has 4 rings (SSSR count). The third-order valence-corrected chi connectivity index (χ3v) is 4.85. The molecule has 1 amide bonds. The fourth-order valence-electron chi connectivity index (χ4n) is 3.35. The van der Waals surface area contributed by atoms with Crippen molar-refractivity contribution in [3.05, 3.63) is 106 Å². The molecular weight excluding hydrogens is 404 g/mol. The number of carbonyl (C=O) groups is 1. The van der Waals surface area contributed by atoms with E-state index in [4.69, 9.17) is 4.74 Å². The Hall–Kier alpha value is -4.26. The van der Waals surface area contributed by atoms with Crippen LogP contribution in [0.1, 0.15) is 28.5 Å². The molecule has 160 valence electrons. The zero-order chi connectivity index (χ0) is 22.3. The summed E-state index contributed by atoms with van der Waals surface area (Å²) in [7, 11) is 0. The number of aromatic nitrogens is 2. The molecule has 0 aliphatic carbocycles. The quantitative estimate of drug-likeness (QED) is 0.361. The molecule has 3 aromatic carbocycles. The second-order valence-corrected chi connectivity index (χ2v) is 7.01. The number of nitrogens with one attached hydrogen (secondary N) is 1. The number of rotatable bonds is 7. The van der Waals surface area contributed by atoms with Crippen molar-refractivity contribution in [2.75, 3.05) is 6.61 Å². The standard InChI is InChI=1S/C25H22N4O3/c1-2-32-22-15-9-6-12-19(22)16-26-27-24(30)23-20-13-7-8-14-21(20)25(31)29(28-23)17-18-10-4-3-5-11-18/h3-16H,2,17H2,1H3,(H,27,30)/b26-16+. The van der Waals surface area contributed by atoms with Gasteiger partial charge in [0, 0.05) is 10.9 Å². The van der Waals surface area contributed by atoms with Gasteiger partial charge < -0.3 is 4.74 Å². The lowest BCUT2D eigenvalue weighted by atomic mass is 10.1. The Bertz CT molecular complexity index is 1330. The summed E-state index contributed by atoms with van der Waals surface area (Å²) >= 11 is 0. The third kappa shape index (κ3) is 4.57. The van der Waals surface area contributed by atoms with Gasteiger partial charge in [0.15, 0.2) is 5.69 Å². The molecule has 0 aliphatic rings. The number of benzene rings is 3. The Kier molecular flexibility index (Phi) is 6.36. The highest BCUT2D eigenvalue weighted by atomic mass is 16.5. The second kappa shape index (κ2) is 9.70. The Morgan fingerprint density at radius 3 is 2.47 bits per heavy atom. The molecule has 0 spiro atoms. The van der Waals surface area contributed by atoms with Crippen molar-refractivity contribution in [3.8, 4) is 5.75 Å². The molecule has 1 heterocycles. The molecule has 32 heavy (non-hydrogen) atoms. The van der Waals surface area contributed by atoms with Crippen LogP contribution in [0.3, 0.4) is 0 Å². The molecule has 0 bridgehead atoms. The molecule has 0 fully saturated rings. The van der Waals surface area contributed by atoms with E-state index in [1.54, 1.807) is 24.3 Å². The lowest BCUT2D eigenvalue weighted by molar-refractivity contribution is 0.0949. The van der Waals surface area contributed by atoms with Crippen LogP contribution in [-0.2, 0) is 6.54 Å². The number of hydrogen-bond donors (Lipinski definition) is 1. The van der Waals surface area contributed by atoms with Gasteiger partial charge >= 0.3 is 0 Å². The summed E-state index contributed by atoms with van der Waals surface area (Å²) < 4.78 is 6.87. The van der Waals surface area contributed by atoms with Gasteiger partial charge in [-0.2, -0.15) is 10.2 Å². The highest BCUT2D eigenvalue weighted by molar-refractivity contribution is 6.05. The smallest absolute Gasteiger partial charge is 0.292 e. The molecule has 0 saturated heterocycles. The van der Waals surface area contributed by atoms with Crippen LogP contribution in [0.5, 0.6) is 5.75 Å². The van der Waals surface area contributed by atoms with Crippen molar-refractivity contribution in [3.63, 3.8) is 0 Å². The number of hydrogen-bond acceptors (Lipinski definition) is 5. The fourth-order valence-corrected chi connectivity index (χ4v) is 3.35. The van der Waals surface area contributed by atoms with Crippen LogP contribution in [0.2, 0.25) is 0 Å². The average Bonchev–Trinajstić information content (AvgIpc) is 2.83. The van der Waals surface area contributed by atoms with Gasteiger partial charge in [-0.1, -0.05) is 60.7 Å². The summed E-state index contributed by atoms with van der Waals surface area (Å²) in [5.74, 6) is 0.168. The molecule has 0 saturated carbocycles. The zero-order valence-electron chi connectivity index (χ0n) is 17.6. The number of carbonyl (C=O) groups excluding carboxylic acids is 1. The van der Waals surface area contributed by atoms with Crippen LogP contribution in [-0.4, -0.2) is 28.5 Å². The molecular formula is C25H22N4O3. The van der Waals surface area contributed by atoms with Gasteiger partial charge in [0.2, 0.25) is 0 Å². The average molecular weight is 426 g/mol. The highest BCUT2D eigenvalue weighted by Crippen LogP contribution is 2.16. The maximum absolute atomic E-state index is 12.9. The monoisotopic (exact) mass is 426 g/mol. The van der Waals surface area contributed by atoms with Crippen molar-refractivity contribution in [1.29, 1.82) is 0 Å². The van der Waals surface area contributed by atoms with E-state index in [0.29, 0.717) is 23.1 Å². The topological polar surface area (TPSA) is 85.6 Å². The summed E-state index contributed by atoms with van der Waals surface area (Å²) in [6.45, 7) is 2.68. The Morgan fingerprint density at radius 1 is 1.00 bits per heavy atom. The Balaban J connectivity index is 1.65. The van der Waals surface area contributed by atoms with E-state index >= 15 is 0 Å². The minimum absolute atomic E-state index is 0.131. The summed E-state index contributed by atoms with van der Waals surface area (Å²) in [5, 5.41) is 9.33. The molecule has 0 unspecified atom stereocenters. The van der Waals surface area contributed by atoms with E-state index in [9.17, 15) is 9.59 Å².